The van der Waals surface area contributed by atoms with Crippen molar-refractivity contribution in [3.05, 3.63) is 45.5 Å². The highest BCUT2D eigenvalue weighted by atomic mass is 35.5. The second kappa shape index (κ2) is 8.63. The van der Waals surface area contributed by atoms with E-state index in [0.29, 0.717) is 16.9 Å². The Morgan fingerprint density at radius 2 is 1.81 bits per heavy atom. The molecule has 4 rings (SSSR count). The predicted molar refractivity (Wildman–Crippen MR) is 134 cm³/mol. The van der Waals surface area contributed by atoms with Gasteiger partial charge < -0.3 is 9.16 Å². The number of methoxy groups -OCH3 is 1. The summed E-state index contributed by atoms with van der Waals surface area (Å²) in [5.74, 6) is 3.09. The zero-order valence-corrected chi connectivity index (χ0v) is 22.0. The summed E-state index contributed by atoms with van der Waals surface area (Å²) in [7, 11) is -0.140. The number of rotatable bonds is 4. The lowest BCUT2D eigenvalue weighted by Gasteiger charge is -2.43. The van der Waals surface area contributed by atoms with Gasteiger partial charge in [0, 0.05) is 11.5 Å². The highest BCUT2D eigenvalue weighted by molar-refractivity contribution is 6.74. The quantitative estimate of drug-likeness (QED) is 0.255. The van der Waals surface area contributed by atoms with Gasteiger partial charge in [0.05, 0.1) is 12.1 Å². The summed E-state index contributed by atoms with van der Waals surface area (Å²) >= 11 is 6.61. The first-order chi connectivity index (χ1) is 14.6. The standard InChI is InChI=1S/C27H39ClO2Si/c1-27(2,3)31(5,6)30-24-17-20(14-15-23(24)28)26(29-4)25-19-11-9-13-22(25)21-12-8-7-10-18(21)16-19/h14-15,17,19,22H,7-13,16H2,1-6H3/b26-25+. The maximum Gasteiger partial charge on any atom is 0.250 e. The maximum atomic E-state index is 6.62. The third-order valence-corrected chi connectivity index (χ3v) is 12.9. The van der Waals surface area contributed by atoms with Crippen LogP contribution in [0.15, 0.2) is 34.9 Å². The first-order valence-corrected chi connectivity index (χ1v) is 15.4. The lowest BCUT2D eigenvalue weighted by Crippen LogP contribution is -2.43. The zero-order chi connectivity index (χ0) is 22.4. The van der Waals surface area contributed by atoms with E-state index >= 15 is 0 Å². The van der Waals surface area contributed by atoms with Crippen LogP contribution in [-0.4, -0.2) is 15.4 Å². The van der Waals surface area contributed by atoms with Gasteiger partial charge in [0.15, 0.2) is 0 Å². The number of halogens is 1. The van der Waals surface area contributed by atoms with Crippen LogP contribution in [0, 0.1) is 11.8 Å². The van der Waals surface area contributed by atoms with E-state index in [9.17, 15) is 0 Å². The molecule has 4 heteroatoms. The van der Waals surface area contributed by atoms with Crippen molar-refractivity contribution in [1.82, 2.24) is 0 Å². The van der Waals surface area contributed by atoms with Crippen molar-refractivity contribution in [3.8, 4) is 5.75 Å². The number of benzene rings is 1. The molecular formula is C27H39ClO2Si. The SMILES string of the molecule is CO/C(=C1\C2CCCC1C1=C(CCCC1)C2)c1ccc(Cl)c(O[Si](C)(C)C(C)(C)C)c1. The normalized spacial score (nSPS) is 25.8. The average Bonchev–Trinajstić information content (AvgIpc) is 2.70. The van der Waals surface area contributed by atoms with E-state index in [-0.39, 0.29) is 5.04 Å². The molecule has 2 unspecified atom stereocenters. The molecule has 0 heterocycles. The molecule has 31 heavy (non-hydrogen) atoms. The van der Waals surface area contributed by atoms with E-state index < -0.39 is 8.32 Å². The van der Waals surface area contributed by atoms with Gasteiger partial charge in [-0.1, -0.05) is 49.9 Å². The van der Waals surface area contributed by atoms with Crippen molar-refractivity contribution in [2.45, 2.75) is 90.3 Å². The smallest absolute Gasteiger partial charge is 0.250 e. The van der Waals surface area contributed by atoms with Crippen molar-refractivity contribution >= 4 is 25.7 Å². The topological polar surface area (TPSA) is 18.5 Å². The Labute approximate surface area is 195 Å². The van der Waals surface area contributed by atoms with E-state index in [0.717, 1.165) is 17.1 Å². The van der Waals surface area contributed by atoms with Crippen LogP contribution in [0.4, 0.5) is 0 Å². The first-order valence-electron chi connectivity index (χ1n) is 12.1. The molecule has 1 fully saturated rings. The third-order valence-electron chi connectivity index (χ3n) is 8.23. The fourth-order valence-corrected chi connectivity index (χ4v) is 6.82. The second-order valence-electron chi connectivity index (χ2n) is 11.2. The van der Waals surface area contributed by atoms with Gasteiger partial charge in [-0.05, 0) is 92.8 Å². The van der Waals surface area contributed by atoms with Gasteiger partial charge >= 0.3 is 0 Å². The first kappa shape index (κ1) is 23.0. The Morgan fingerprint density at radius 3 is 2.52 bits per heavy atom. The molecule has 1 aromatic carbocycles. The molecule has 170 valence electrons. The van der Waals surface area contributed by atoms with E-state index in [1.54, 1.807) is 16.7 Å². The van der Waals surface area contributed by atoms with Crippen LogP contribution in [0.1, 0.15) is 77.7 Å². The van der Waals surface area contributed by atoms with E-state index in [4.69, 9.17) is 20.8 Å². The van der Waals surface area contributed by atoms with Crippen molar-refractivity contribution in [1.29, 1.82) is 0 Å². The molecule has 0 N–H and O–H groups in total. The van der Waals surface area contributed by atoms with Gasteiger partial charge in [0.25, 0.3) is 8.32 Å². The molecule has 1 aromatic rings. The lowest BCUT2D eigenvalue weighted by molar-refractivity contribution is 0.311. The Balaban J connectivity index is 1.76. The fourth-order valence-electron chi connectivity index (χ4n) is 5.58. The summed E-state index contributed by atoms with van der Waals surface area (Å²) in [4.78, 5) is 0. The minimum atomic E-state index is -1.98. The Morgan fingerprint density at radius 1 is 1.06 bits per heavy atom. The minimum Gasteiger partial charge on any atom is -0.542 e. The van der Waals surface area contributed by atoms with E-state index in [1.807, 2.05) is 13.2 Å². The van der Waals surface area contributed by atoms with Gasteiger partial charge in [-0.2, -0.15) is 0 Å². The number of fused-ring (bicyclic) bond motifs is 3. The molecule has 0 aliphatic heterocycles. The molecule has 0 radical (unpaired) electrons. The number of hydrogen-bond acceptors (Lipinski definition) is 2. The van der Waals surface area contributed by atoms with Gasteiger partial charge in [-0.15, -0.1) is 0 Å². The van der Waals surface area contributed by atoms with Gasteiger partial charge in [-0.25, -0.2) is 0 Å². The molecule has 1 saturated carbocycles. The van der Waals surface area contributed by atoms with Crippen molar-refractivity contribution in [3.63, 3.8) is 0 Å². The van der Waals surface area contributed by atoms with E-state index in [2.05, 4.69) is 46.0 Å². The van der Waals surface area contributed by atoms with Crippen molar-refractivity contribution in [2.24, 2.45) is 11.8 Å². The largest absolute Gasteiger partial charge is 0.542 e. The molecule has 3 aliphatic rings. The maximum absolute atomic E-state index is 6.62. The van der Waals surface area contributed by atoms with Crippen LogP contribution in [0.3, 0.4) is 0 Å². The van der Waals surface area contributed by atoms with Gasteiger partial charge in [0.1, 0.15) is 11.5 Å². The third kappa shape index (κ3) is 4.37. The summed E-state index contributed by atoms with van der Waals surface area (Å²) in [6.07, 6.45) is 10.5. The van der Waals surface area contributed by atoms with Crippen LogP contribution in [0.25, 0.3) is 5.76 Å². The highest BCUT2D eigenvalue weighted by Crippen LogP contribution is 2.53. The van der Waals surface area contributed by atoms with Crippen LogP contribution in [0.5, 0.6) is 5.75 Å². The van der Waals surface area contributed by atoms with Gasteiger partial charge in [-0.3, -0.25) is 0 Å². The minimum absolute atomic E-state index is 0.124. The highest BCUT2D eigenvalue weighted by Gasteiger charge is 2.41. The summed E-state index contributed by atoms with van der Waals surface area (Å²) in [5, 5.41) is 0.814. The van der Waals surface area contributed by atoms with E-state index in [1.165, 1.54) is 51.4 Å². The summed E-state index contributed by atoms with van der Waals surface area (Å²) in [6.45, 7) is 11.3. The Hall–Kier alpha value is -1.19. The lowest BCUT2D eigenvalue weighted by atomic mass is 9.62. The molecule has 2 nitrogen and oxygen atoms in total. The molecule has 3 aliphatic carbocycles. The summed E-state index contributed by atoms with van der Waals surface area (Å²) in [6, 6.07) is 6.24. The van der Waals surface area contributed by atoms with Crippen LogP contribution < -0.4 is 4.43 Å². The van der Waals surface area contributed by atoms with Crippen LogP contribution in [-0.2, 0) is 4.74 Å². The molecule has 0 saturated heterocycles. The Kier molecular flexibility index (Phi) is 6.40. The number of hydrogen-bond donors (Lipinski definition) is 0. The monoisotopic (exact) mass is 458 g/mol. The molecular weight excluding hydrogens is 420 g/mol. The zero-order valence-electron chi connectivity index (χ0n) is 20.2. The molecule has 0 aromatic heterocycles. The van der Waals surface area contributed by atoms with Crippen LogP contribution >= 0.6 is 11.6 Å². The van der Waals surface area contributed by atoms with Crippen molar-refractivity contribution in [2.75, 3.05) is 7.11 Å². The predicted octanol–water partition coefficient (Wildman–Crippen LogP) is 8.77. The fraction of sp³-hybridized carbons (Fsp3) is 0.630. The van der Waals surface area contributed by atoms with Crippen LogP contribution in [0.2, 0.25) is 23.2 Å². The Bertz CT molecular complexity index is 906. The number of ether oxygens (including phenoxy) is 1. The summed E-state index contributed by atoms with van der Waals surface area (Å²) in [5.41, 5.74) is 6.19. The number of allylic oxidation sites excluding steroid dienone is 3. The molecule has 0 spiro atoms. The van der Waals surface area contributed by atoms with Crippen molar-refractivity contribution < 1.29 is 9.16 Å². The van der Waals surface area contributed by atoms with Gasteiger partial charge in [0.2, 0.25) is 0 Å². The second-order valence-corrected chi connectivity index (χ2v) is 16.3. The molecule has 2 bridgehead atoms. The molecule has 2 atom stereocenters. The molecule has 0 amide bonds. The summed E-state index contributed by atoms with van der Waals surface area (Å²) < 4.78 is 12.8. The average molecular weight is 459 g/mol.